The van der Waals surface area contributed by atoms with Gasteiger partial charge in [-0.15, -0.1) is 0 Å². The Hall–Kier alpha value is -9.90. The normalized spacial score (nSPS) is 12.4. The van der Waals surface area contributed by atoms with Gasteiger partial charge in [0.05, 0.1) is 22.4 Å². The van der Waals surface area contributed by atoms with Crippen molar-refractivity contribution in [1.82, 2.24) is 4.57 Å². The Morgan fingerprint density at radius 3 is 1.24 bits per heavy atom. The predicted octanol–water partition coefficient (Wildman–Crippen LogP) is 18.5. The molecular formula is C76H56BN3. The molecule has 0 atom stereocenters. The van der Waals surface area contributed by atoms with E-state index in [0.29, 0.717) is 0 Å². The van der Waals surface area contributed by atoms with Gasteiger partial charge in [-0.25, -0.2) is 0 Å². The van der Waals surface area contributed by atoms with Gasteiger partial charge in [0.15, 0.2) is 0 Å². The molecule has 80 heavy (non-hydrogen) atoms. The van der Waals surface area contributed by atoms with Crippen LogP contribution in [0.1, 0.15) is 25.3 Å². The first-order valence-corrected chi connectivity index (χ1v) is 28.3. The first-order valence-electron chi connectivity index (χ1n) is 28.3. The van der Waals surface area contributed by atoms with Crippen LogP contribution in [0.2, 0.25) is 0 Å². The van der Waals surface area contributed by atoms with Crippen LogP contribution in [0.4, 0.5) is 34.1 Å². The zero-order valence-electron chi connectivity index (χ0n) is 44.7. The van der Waals surface area contributed by atoms with Crippen molar-refractivity contribution in [3.8, 4) is 61.3 Å². The fourth-order valence-electron chi connectivity index (χ4n) is 13.2. The molecular weight excluding hydrogens is 966 g/mol. The molecule has 0 N–H and O–H groups in total. The molecule has 0 aliphatic carbocycles. The van der Waals surface area contributed by atoms with Crippen molar-refractivity contribution in [1.29, 1.82) is 0 Å². The maximum Gasteiger partial charge on any atom is 0.252 e. The quantitative estimate of drug-likeness (QED) is 0.120. The van der Waals surface area contributed by atoms with Crippen molar-refractivity contribution in [2.75, 3.05) is 9.80 Å². The van der Waals surface area contributed by atoms with Crippen LogP contribution in [0, 0.1) is 0 Å². The zero-order chi connectivity index (χ0) is 53.1. The third-order valence-corrected chi connectivity index (χ3v) is 16.7. The number of unbranched alkanes of at least 4 members (excludes halogenated alkanes) is 1. The molecule has 1 aromatic heterocycles. The molecule has 2 aliphatic rings. The van der Waals surface area contributed by atoms with E-state index in [1.54, 1.807) is 0 Å². The summed E-state index contributed by atoms with van der Waals surface area (Å²) in [6, 6.07) is 106. The Kier molecular flexibility index (Phi) is 11.7. The van der Waals surface area contributed by atoms with Gasteiger partial charge in [0.2, 0.25) is 0 Å². The number of anilines is 6. The SMILES string of the molecule is CCCCc1cc2c3c(c1)N(c1c(-c4ccccc4)cccc1-c1ccccc1)c1cc(-n4c5ccccc5c5ccccc54)ccc1B3c1cc(-c3ccccc3)ccc1N2c1c(-c2ccccc2)cccc1-c1ccccc1. The molecule has 3 heterocycles. The summed E-state index contributed by atoms with van der Waals surface area (Å²) in [6.07, 6.45) is 3.09. The van der Waals surface area contributed by atoms with Crippen molar-refractivity contribution < 1.29 is 0 Å². The summed E-state index contributed by atoms with van der Waals surface area (Å²) >= 11 is 0. The monoisotopic (exact) mass is 1020 g/mol. The van der Waals surface area contributed by atoms with Crippen LogP contribution in [0.25, 0.3) is 83.1 Å². The number of aryl methyl sites for hydroxylation is 1. The van der Waals surface area contributed by atoms with Crippen molar-refractivity contribution in [3.63, 3.8) is 0 Å². The Morgan fingerprint density at radius 1 is 0.325 bits per heavy atom. The van der Waals surface area contributed by atoms with E-state index in [1.165, 1.54) is 128 Å². The molecule has 15 rings (SSSR count). The zero-order valence-corrected chi connectivity index (χ0v) is 44.7. The number of fused-ring (bicyclic) bond motifs is 7. The number of benzene rings is 12. The van der Waals surface area contributed by atoms with E-state index in [1.807, 2.05) is 0 Å². The summed E-state index contributed by atoms with van der Waals surface area (Å²) in [5.41, 5.74) is 27.5. The van der Waals surface area contributed by atoms with Crippen LogP contribution >= 0.6 is 0 Å². The van der Waals surface area contributed by atoms with Crippen LogP contribution in [-0.4, -0.2) is 11.3 Å². The lowest BCUT2D eigenvalue weighted by Gasteiger charge is -2.46. The van der Waals surface area contributed by atoms with Crippen LogP contribution in [0.5, 0.6) is 0 Å². The summed E-state index contributed by atoms with van der Waals surface area (Å²) < 4.78 is 2.48. The molecule has 0 saturated heterocycles. The highest BCUT2D eigenvalue weighted by Gasteiger charge is 2.45. The van der Waals surface area contributed by atoms with E-state index >= 15 is 0 Å². The van der Waals surface area contributed by atoms with E-state index < -0.39 is 0 Å². The Morgan fingerprint density at radius 2 is 0.762 bits per heavy atom. The fourth-order valence-corrected chi connectivity index (χ4v) is 13.2. The van der Waals surface area contributed by atoms with E-state index in [4.69, 9.17) is 0 Å². The highest BCUT2D eigenvalue weighted by molar-refractivity contribution is 7.00. The molecule has 3 nitrogen and oxygen atoms in total. The summed E-state index contributed by atoms with van der Waals surface area (Å²) in [5.74, 6) is 0. The minimum absolute atomic E-state index is 0.137. The second-order valence-corrected chi connectivity index (χ2v) is 21.4. The van der Waals surface area contributed by atoms with Gasteiger partial charge in [-0.05, 0) is 111 Å². The molecule has 0 unspecified atom stereocenters. The Labute approximate surface area is 469 Å². The molecule has 12 aromatic carbocycles. The molecule has 0 amide bonds. The van der Waals surface area contributed by atoms with Gasteiger partial charge in [0, 0.05) is 61.5 Å². The van der Waals surface area contributed by atoms with Crippen LogP contribution in [-0.2, 0) is 6.42 Å². The van der Waals surface area contributed by atoms with Crippen molar-refractivity contribution in [2.24, 2.45) is 0 Å². The van der Waals surface area contributed by atoms with Crippen molar-refractivity contribution >= 4 is 79.0 Å². The predicted molar refractivity (Wildman–Crippen MR) is 341 cm³/mol. The molecule has 378 valence electrons. The minimum atomic E-state index is -0.137. The molecule has 13 aromatic rings. The molecule has 0 radical (unpaired) electrons. The Bertz CT molecular complexity index is 4290. The number of rotatable bonds is 11. The number of nitrogens with zero attached hydrogens (tertiary/aromatic N) is 3. The maximum absolute atomic E-state index is 2.69. The topological polar surface area (TPSA) is 11.4 Å². The van der Waals surface area contributed by atoms with E-state index in [-0.39, 0.29) is 6.71 Å². The molecule has 0 spiro atoms. The lowest BCUT2D eigenvalue weighted by atomic mass is 9.33. The largest absolute Gasteiger partial charge is 0.310 e. The van der Waals surface area contributed by atoms with E-state index in [9.17, 15) is 0 Å². The maximum atomic E-state index is 2.69. The molecule has 4 heteroatoms. The van der Waals surface area contributed by atoms with Gasteiger partial charge in [0.25, 0.3) is 6.71 Å². The smallest absolute Gasteiger partial charge is 0.252 e. The summed E-state index contributed by atoms with van der Waals surface area (Å²) in [7, 11) is 0. The number of para-hydroxylation sites is 4. The summed E-state index contributed by atoms with van der Waals surface area (Å²) in [5, 5.41) is 2.49. The second kappa shape index (κ2) is 19.8. The lowest BCUT2D eigenvalue weighted by Crippen LogP contribution is -2.61. The van der Waals surface area contributed by atoms with Gasteiger partial charge in [-0.1, -0.05) is 256 Å². The van der Waals surface area contributed by atoms with Gasteiger partial charge < -0.3 is 14.4 Å². The number of hydrogen-bond donors (Lipinski definition) is 0. The summed E-state index contributed by atoms with van der Waals surface area (Å²) in [6.45, 7) is 2.18. The van der Waals surface area contributed by atoms with E-state index in [2.05, 4.69) is 306 Å². The third kappa shape index (κ3) is 7.81. The first-order chi connectivity index (χ1) is 39.7. The third-order valence-electron chi connectivity index (χ3n) is 16.7. The van der Waals surface area contributed by atoms with Crippen LogP contribution in [0.15, 0.2) is 285 Å². The van der Waals surface area contributed by atoms with Gasteiger partial charge in [-0.3, -0.25) is 0 Å². The Balaban J connectivity index is 1.11. The highest BCUT2D eigenvalue weighted by Crippen LogP contribution is 2.53. The summed E-state index contributed by atoms with van der Waals surface area (Å²) in [4.78, 5) is 5.35. The van der Waals surface area contributed by atoms with Crippen LogP contribution < -0.4 is 26.2 Å². The molecule has 2 aliphatic heterocycles. The molecule has 0 saturated carbocycles. The number of aromatic nitrogens is 1. The standard InChI is InChI=1S/C76H56BN3/c1-2-3-25-52-48-72-74-73(49-52)80(76-62(56-32-15-7-16-33-56)40-24-41-63(76)57-34-17-8-18-35-57)71-51-59(78-68-42-21-19-36-64(68)65-37-20-22-43-69(65)78)45-46-66(71)77(74)67-50-58(53-26-9-4-10-27-53)44-47-70(67)79(72)75-60(54-28-11-5-12-29-54)38-23-39-61(75)55-30-13-6-14-31-55/h4-24,26-51H,2-3,25H2,1H3. The van der Waals surface area contributed by atoms with Crippen molar-refractivity contribution in [2.45, 2.75) is 26.2 Å². The van der Waals surface area contributed by atoms with Gasteiger partial charge in [0.1, 0.15) is 0 Å². The minimum Gasteiger partial charge on any atom is -0.310 e. The van der Waals surface area contributed by atoms with Gasteiger partial charge >= 0.3 is 0 Å². The average Bonchev–Trinajstić information content (AvgIpc) is 4.03. The first kappa shape index (κ1) is 47.3. The molecule has 0 fully saturated rings. The highest BCUT2D eigenvalue weighted by atomic mass is 15.2. The fraction of sp³-hybridized carbons (Fsp3) is 0.0526. The van der Waals surface area contributed by atoms with Crippen LogP contribution in [0.3, 0.4) is 0 Å². The molecule has 0 bridgehead atoms. The van der Waals surface area contributed by atoms with Gasteiger partial charge in [-0.2, -0.15) is 0 Å². The second-order valence-electron chi connectivity index (χ2n) is 21.4. The number of hydrogen-bond acceptors (Lipinski definition) is 2. The lowest BCUT2D eigenvalue weighted by molar-refractivity contribution is 0.795. The average molecular weight is 1020 g/mol. The van der Waals surface area contributed by atoms with E-state index in [0.717, 1.165) is 30.6 Å². The van der Waals surface area contributed by atoms with Crippen molar-refractivity contribution in [3.05, 3.63) is 291 Å².